The van der Waals surface area contributed by atoms with Crippen molar-refractivity contribution >= 4 is 73.5 Å². The lowest BCUT2D eigenvalue weighted by Crippen LogP contribution is -2.71. The molecule has 0 spiro atoms. The number of rotatable bonds is 10. The molecule has 41 heavy (non-hydrogen) atoms. The summed E-state index contributed by atoms with van der Waals surface area (Å²) in [5.74, 6) is -3.24. The molecular formula is C19H16FN9O9S3. The predicted octanol–water partition coefficient (Wildman–Crippen LogP) is -2.27. The van der Waals surface area contributed by atoms with E-state index in [0.29, 0.717) is 10.3 Å². The van der Waals surface area contributed by atoms with Crippen molar-refractivity contribution in [3.8, 4) is 0 Å². The van der Waals surface area contributed by atoms with E-state index < -0.39 is 52.2 Å². The number of nitrogen functional groups attached to an aromatic ring is 1. The van der Waals surface area contributed by atoms with Gasteiger partial charge >= 0.3 is 11.6 Å². The van der Waals surface area contributed by atoms with Crippen molar-refractivity contribution in [2.75, 3.05) is 18.3 Å². The Hall–Kier alpha value is -4.41. The number of nitrogens with one attached hydrogen (secondary N) is 1. The Balaban J connectivity index is 1.38. The van der Waals surface area contributed by atoms with Crippen LogP contribution in [-0.4, -0.2) is 89.6 Å². The molecule has 5 rings (SSSR count). The Morgan fingerprint density at radius 2 is 2.20 bits per heavy atom. The maximum Gasteiger partial charge on any atom is 0.352 e. The predicted molar refractivity (Wildman–Crippen MR) is 134 cm³/mol. The molecule has 18 nitrogen and oxygen atoms in total. The number of anilines is 1. The number of oxime groups is 1. The fraction of sp³-hybridized carbons (Fsp3) is 0.263. The molecule has 2 aliphatic heterocycles. The van der Waals surface area contributed by atoms with Crippen LogP contribution in [0, 0.1) is 0 Å². The summed E-state index contributed by atoms with van der Waals surface area (Å²) in [7, 11) is -5.09. The molecule has 3 aromatic rings. The van der Waals surface area contributed by atoms with Crippen LogP contribution in [0.2, 0.25) is 0 Å². The van der Waals surface area contributed by atoms with Crippen LogP contribution < -0.4 is 19.9 Å². The van der Waals surface area contributed by atoms with Gasteiger partial charge in [0.15, 0.2) is 10.6 Å². The zero-order chi connectivity index (χ0) is 29.5. The van der Waals surface area contributed by atoms with Crippen LogP contribution >= 0.6 is 23.3 Å². The second-order valence-electron chi connectivity index (χ2n) is 8.15. The van der Waals surface area contributed by atoms with Gasteiger partial charge in [-0.15, -0.1) is 16.5 Å². The van der Waals surface area contributed by atoms with Crippen molar-refractivity contribution in [3.63, 3.8) is 0 Å². The minimum Gasteiger partial charge on any atom is -0.715 e. The highest BCUT2D eigenvalue weighted by Gasteiger charge is 2.54. The van der Waals surface area contributed by atoms with E-state index in [1.165, 1.54) is 34.7 Å². The van der Waals surface area contributed by atoms with E-state index in [9.17, 15) is 36.9 Å². The van der Waals surface area contributed by atoms with Gasteiger partial charge < -0.3 is 25.5 Å². The van der Waals surface area contributed by atoms with Gasteiger partial charge in [0.1, 0.15) is 23.7 Å². The molecular weight excluding hydrogens is 613 g/mol. The van der Waals surface area contributed by atoms with E-state index >= 15 is 0 Å². The first-order chi connectivity index (χ1) is 19.5. The van der Waals surface area contributed by atoms with Crippen molar-refractivity contribution in [1.82, 2.24) is 29.3 Å². The van der Waals surface area contributed by atoms with Gasteiger partial charge in [0.25, 0.3) is 29.1 Å². The molecule has 5 heterocycles. The number of amides is 2. The van der Waals surface area contributed by atoms with E-state index in [0.717, 1.165) is 22.8 Å². The summed E-state index contributed by atoms with van der Waals surface area (Å²) in [4.78, 5) is 51.4. The third kappa shape index (κ3) is 5.48. The van der Waals surface area contributed by atoms with Gasteiger partial charge in [0, 0.05) is 22.9 Å². The Morgan fingerprint density at radius 1 is 1.41 bits per heavy atom. The fourth-order valence-electron chi connectivity index (χ4n) is 4.12. The number of fused-ring (bicyclic) bond motifs is 2. The molecule has 0 radical (unpaired) electrons. The molecule has 0 bridgehead atoms. The average Bonchev–Trinajstić information content (AvgIpc) is 3.52. The lowest BCUT2D eigenvalue weighted by molar-refractivity contribution is -0.664. The summed E-state index contributed by atoms with van der Waals surface area (Å²) in [6.45, 7) is -1.42. The van der Waals surface area contributed by atoms with Gasteiger partial charge in [-0.2, -0.15) is 17.8 Å². The Bertz CT molecular complexity index is 1740. The standard InChI is InChI=1S/C19H16FN9O9S3/c20-6-37-25-10(13-24-19(21)40-26-13)15(30)23-11-16(31)29-12(18(32)33)8(5-39-17(11)29)4-27-3-1-2-9-14(27)22-7-28(9)38-41(34,35)36/h1-3,7,11,17H,4-6H2,(H4-,21,23,24,26,30,32,33,34,35,36)/b25-10-. The minimum atomic E-state index is -5.09. The average molecular weight is 630 g/mol. The summed E-state index contributed by atoms with van der Waals surface area (Å²) >= 11 is 1.92. The molecule has 3 aromatic heterocycles. The molecule has 2 aliphatic rings. The zero-order valence-corrected chi connectivity index (χ0v) is 22.6. The molecule has 2 atom stereocenters. The SMILES string of the molecule is Nc1nc(/C(=N/OCF)C(=O)NC2C(=O)N3C(C(=O)O)=C(C[n+]4cccc5c4ncn5OS(=O)(=O)[O-])CSC23)ns1. The number of hydrogen-bond donors (Lipinski definition) is 3. The van der Waals surface area contributed by atoms with Crippen LogP contribution in [0.25, 0.3) is 11.2 Å². The van der Waals surface area contributed by atoms with Crippen molar-refractivity contribution in [3.05, 3.63) is 41.8 Å². The number of nitrogens with zero attached hydrogens (tertiary/aromatic N) is 7. The van der Waals surface area contributed by atoms with Gasteiger partial charge in [-0.1, -0.05) is 5.16 Å². The highest BCUT2D eigenvalue weighted by atomic mass is 32.3. The number of halogens is 1. The number of thioether (sulfide) groups is 1. The molecule has 2 amide bonds. The summed E-state index contributed by atoms with van der Waals surface area (Å²) in [6.07, 6.45) is 2.50. The number of aliphatic carboxylic acids is 1. The first-order valence-electron chi connectivity index (χ1n) is 11.1. The molecule has 0 aliphatic carbocycles. The van der Waals surface area contributed by atoms with Gasteiger partial charge in [-0.3, -0.25) is 18.8 Å². The molecule has 216 valence electrons. The largest absolute Gasteiger partial charge is 0.715 e. The molecule has 0 saturated carbocycles. The van der Waals surface area contributed by atoms with Gasteiger partial charge in [-0.25, -0.2) is 13.8 Å². The normalized spacial score (nSPS) is 19.1. The highest BCUT2D eigenvalue weighted by Crippen LogP contribution is 2.40. The summed E-state index contributed by atoms with van der Waals surface area (Å²) in [6, 6.07) is 1.77. The van der Waals surface area contributed by atoms with Crippen molar-refractivity contribution < 1.29 is 50.5 Å². The van der Waals surface area contributed by atoms with Crippen LogP contribution in [-0.2, 0) is 36.2 Å². The number of β-lactam (4-membered cyclic amide) rings is 1. The van der Waals surface area contributed by atoms with E-state index in [-0.39, 0.29) is 40.1 Å². The van der Waals surface area contributed by atoms with Gasteiger partial charge in [0.05, 0.1) is 6.20 Å². The molecule has 0 aromatic carbocycles. The summed E-state index contributed by atoms with van der Waals surface area (Å²) in [5, 5.41) is 15.0. The molecule has 22 heteroatoms. The number of aromatic nitrogens is 5. The van der Waals surface area contributed by atoms with Gasteiger partial charge in [-0.05, 0) is 17.1 Å². The van der Waals surface area contributed by atoms with Crippen molar-refractivity contribution in [1.29, 1.82) is 0 Å². The number of hydrogen-bond acceptors (Lipinski definition) is 15. The Kier molecular flexibility index (Phi) is 7.46. The minimum absolute atomic E-state index is 0.00142. The molecule has 1 saturated heterocycles. The van der Waals surface area contributed by atoms with Gasteiger partial charge in [0.2, 0.25) is 17.9 Å². The number of nitrogens with two attached hydrogens (primary N) is 1. The van der Waals surface area contributed by atoms with E-state index in [4.69, 9.17) is 5.73 Å². The number of carbonyl (C=O) groups is 3. The summed E-state index contributed by atoms with van der Waals surface area (Å²) < 4.78 is 55.9. The number of carboxylic acids is 1. The first kappa shape index (κ1) is 28.1. The highest BCUT2D eigenvalue weighted by molar-refractivity contribution is 8.00. The summed E-state index contributed by atoms with van der Waals surface area (Å²) in [5.41, 5.74) is 5.27. The monoisotopic (exact) mass is 629 g/mol. The van der Waals surface area contributed by atoms with Crippen LogP contribution in [0.15, 0.2) is 41.1 Å². The third-order valence-corrected chi connectivity index (χ3v) is 7.91. The number of carbonyl (C=O) groups excluding carboxylic acids is 2. The van der Waals surface area contributed by atoms with E-state index in [1.54, 1.807) is 0 Å². The number of pyridine rings is 1. The maximum absolute atomic E-state index is 13.1. The topological polar surface area (TPSA) is 248 Å². The van der Waals surface area contributed by atoms with Crippen LogP contribution in [0.1, 0.15) is 5.82 Å². The fourth-order valence-corrected chi connectivity index (χ4v) is 6.21. The lowest BCUT2D eigenvalue weighted by atomic mass is 10.0. The van der Waals surface area contributed by atoms with Crippen LogP contribution in [0.3, 0.4) is 0 Å². The number of carboxylic acid groups (broad SMARTS) is 1. The Labute approximate surface area is 236 Å². The van der Waals surface area contributed by atoms with E-state index in [1.807, 2.05) is 0 Å². The first-order valence-corrected chi connectivity index (χ1v) is 14.2. The number of alkyl halides is 1. The molecule has 1 fully saturated rings. The van der Waals surface area contributed by atoms with E-state index in [2.05, 4.69) is 33.9 Å². The maximum atomic E-state index is 13.1. The zero-order valence-electron chi connectivity index (χ0n) is 20.1. The quantitative estimate of drug-likeness (QED) is 0.0535. The molecule has 2 unspecified atom stereocenters. The van der Waals surface area contributed by atoms with Crippen molar-refractivity contribution in [2.45, 2.75) is 18.0 Å². The molecule has 4 N–H and O–H groups in total. The second kappa shape index (κ2) is 10.9. The third-order valence-electron chi connectivity index (χ3n) is 5.69. The smallest absolute Gasteiger partial charge is 0.352 e. The second-order valence-corrected chi connectivity index (χ2v) is 11.0. The van der Waals surface area contributed by atoms with Crippen molar-refractivity contribution in [2.24, 2.45) is 5.16 Å². The lowest BCUT2D eigenvalue weighted by Gasteiger charge is -2.49. The number of imidazole rings is 1. The van der Waals surface area contributed by atoms with Crippen LogP contribution in [0.5, 0.6) is 0 Å². The van der Waals surface area contributed by atoms with Crippen LogP contribution in [0.4, 0.5) is 9.52 Å². The Morgan fingerprint density at radius 3 is 2.85 bits per heavy atom.